The summed E-state index contributed by atoms with van der Waals surface area (Å²) in [5.74, 6) is 0.577. The maximum atomic E-state index is 5.42. The first-order chi connectivity index (χ1) is 5.33. The van der Waals surface area contributed by atoms with Crippen LogP contribution in [0.3, 0.4) is 0 Å². The van der Waals surface area contributed by atoms with Gasteiger partial charge in [-0.15, -0.1) is 0 Å². The molecule has 0 saturated carbocycles. The van der Waals surface area contributed by atoms with Gasteiger partial charge in [-0.1, -0.05) is 0 Å². The van der Waals surface area contributed by atoms with E-state index in [1.54, 1.807) is 25.4 Å². The second kappa shape index (κ2) is 3.78. The Morgan fingerprint density at radius 3 is 3.00 bits per heavy atom. The fourth-order valence-electron chi connectivity index (χ4n) is 0.623. The highest BCUT2D eigenvalue weighted by atomic mass is 16.5. The molecule has 0 spiro atoms. The molecular formula is C7H11N3O. The third-order valence-corrected chi connectivity index (χ3v) is 1.12. The molecule has 3 N–H and O–H groups in total. The quantitative estimate of drug-likeness (QED) is 0.610. The van der Waals surface area contributed by atoms with Gasteiger partial charge in [-0.25, -0.2) is 4.98 Å². The molecule has 0 unspecified atom stereocenters. The van der Waals surface area contributed by atoms with E-state index in [-0.39, 0.29) is 0 Å². The van der Waals surface area contributed by atoms with Crippen molar-refractivity contribution in [2.75, 3.05) is 19.5 Å². The minimum absolute atomic E-state index is 0.455. The Labute approximate surface area is 65.4 Å². The molecule has 4 heteroatoms. The lowest BCUT2D eigenvalue weighted by Crippen LogP contribution is -2.14. The van der Waals surface area contributed by atoms with Gasteiger partial charge >= 0.3 is 0 Å². The van der Waals surface area contributed by atoms with Gasteiger partial charge in [0.25, 0.3) is 0 Å². The van der Waals surface area contributed by atoms with Crippen LogP contribution in [0.25, 0.3) is 0 Å². The zero-order chi connectivity index (χ0) is 8.10. The van der Waals surface area contributed by atoms with Gasteiger partial charge in [-0.2, -0.15) is 0 Å². The molecule has 4 nitrogen and oxygen atoms in total. The summed E-state index contributed by atoms with van der Waals surface area (Å²) < 4.78 is 5.13. The Kier molecular flexibility index (Phi) is 2.68. The molecule has 0 amide bonds. The Hall–Kier alpha value is -1.29. The van der Waals surface area contributed by atoms with E-state index in [0.29, 0.717) is 18.3 Å². The van der Waals surface area contributed by atoms with Crippen LogP contribution in [0.2, 0.25) is 0 Å². The second-order valence-electron chi connectivity index (χ2n) is 2.07. The van der Waals surface area contributed by atoms with Gasteiger partial charge in [0.1, 0.15) is 6.73 Å². The monoisotopic (exact) mass is 153 g/mol. The van der Waals surface area contributed by atoms with Crippen molar-refractivity contribution in [2.45, 2.75) is 0 Å². The highest BCUT2D eigenvalue weighted by molar-refractivity contribution is 5.35. The lowest BCUT2D eigenvalue weighted by Gasteiger charge is -2.02. The van der Waals surface area contributed by atoms with Gasteiger partial charge in [-0.3, -0.25) is 5.32 Å². The van der Waals surface area contributed by atoms with Gasteiger partial charge < -0.3 is 10.5 Å². The predicted octanol–water partition coefficient (Wildman–Crippen LogP) is 0.219. The van der Waals surface area contributed by atoms with Crippen LogP contribution in [0.4, 0.5) is 5.69 Å². The van der Waals surface area contributed by atoms with Crippen LogP contribution < -0.4 is 15.8 Å². The molecule has 1 heterocycles. The van der Waals surface area contributed by atoms with E-state index < -0.39 is 0 Å². The number of nitrogens with zero attached hydrogens (tertiary/aromatic N) is 1. The number of hydrogen-bond donors (Lipinski definition) is 2. The number of aromatic nitrogens is 1. The molecular weight excluding hydrogens is 142 g/mol. The zero-order valence-corrected chi connectivity index (χ0v) is 6.37. The largest absolute Gasteiger partial charge is 0.462 e. The van der Waals surface area contributed by atoms with Gasteiger partial charge in [0.2, 0.25) is 5.88 Å². The van der Waals surface area contributed by atoms with E-state index in [9.17, 15) is 0 Å². The number of nitrogen functional groups attached to an aromatic ring is 1. The highest BCUT2D eigenvalue weighted by Crippen LogP contribution is 2.07. The summed E-state index contributed by atoms with van der Waals surface area (Å²) in [4.78, 5) is 3.93. The van der Waals surface area contributed by atoms with Crippen molar-refractivity contribution in [1.82, 2.24) is 10.3 Å². The second-order valence-corrected chi connectivity index (χ2v) is 2.07. The van der Waals surface area contributed by atoms with Crippen LogP contribution in [-0.4, -0.2) is 18.8 Å². The first-order valence-corrected chi connectivity index (χ1v) is 3.32. The predicted molar refractivity (Wildman–Crippen MR) is 43.2 cm³/mol. The van der Waals surface area contributed by atoms with Crippen LogP contribution in [-0.2, 0) is 0 Å². The molecule has 0 fully saturated rings. The van der Waals surface area contributed by atoms with Crippen LogP contribution in [0.5, 0.6) is 5.88 Å². The number of nitrogens with two attached hydrogens (primary N) is 1. The van der Waals surface area contributed by atoms with Crippen LogP contribution in [0, 0.1) is 0 Å². The molecule has 1 rings (SSSR count). The number of nitrogens with one attached hydrogen (secondary N) is 1. The van der Waals surface area contributed by atoms with Crippen molar-refractivity contribution in [3.8, 4) is 5.88 Å². The first-order valence-electron chi connectivity index (χ1n) is 3.32. The van der Waals surface area contributed by atoms with E-state index in [1.165, 1.54) is 0 Å². The number of hydrogen-bond acceptors (Lipinski definition) is 4. The van der Waals surface area contributed by atoms with Crippen LogP contribution >= 0.6 is 0 Å². The summed E-state index contributed by atoms with van der Waals surface area (Å²) in [5.41, 5.74) is 6.06. The lowest BCUT2D eigenvalue weighted by atomic mass is 10.4. The minimum Gasteiger partial charge on any atom is -0.462 e. The Bertz CT molecular complexity index is 209. The summed E-state index contributed by atoms with van der Waals surface area (Å²) in [5, 5.41) is 2.84. The van der Waals surface area contributed by atoms with Crippen molar-refractivity contribution >= 4 is 5.69 Å². The minimum atomic E-state index is 0.455. The molecule has 0 radical (unpaired) electrons. The average Bonchev–Trinajstić information content (AvgIpc) is 2.04. The van der Waals surface area contributed by atoms with Crippen LogP contribution in [0.15, 0.2) is 18.3 Å². The van der Waals surface area contributed by atoms with Crippen molar-refractivity contribution < 1.29 is 4.74 Å². The maximum Gasteiger partial charge on any atom is 0.214 e. The number of anilines is 1. The van der Waals surface area contributed by atoms with E-state index in [1.807, 2.05) is 0 Å². The zero-order valence-electron chi connectivity index (χ0n) is 6.37. The number of rotatable bonds is 3. The molecule has 1 aromatic rings. The summed E-state index contributed by atoms with van der Waals surface area (Å²) in [6.45, 7) is 0.455. The van der Waals surface area contributed by atoms with E-state index in [4.69, 9.17) is 10.5 Å². The number of pyridine rings is 1. The highest BCUT2D eigenvalue weighted by Gasteiger charge is 1.91. The molecule has 0 aliphatic rings. The number of ether oxygens (including phenoxy) is 1. The van der Waals surface area contributed by atoms with Gasteiger partial charge in [0.15, 0.2) is 0 Å². The molecule has 1 aromatic heterocycles. The maximum absolute atomic E-state index is 5.42. The van der Waals surface area contributed by atoms with Crippen molar-refractivity contribution in [1.29, 1.82) is 0 Å². The third-order valence-electron chi connectivity index (χ3n) is 1.12. The van der Waals surface area contributed by atoms with E-state index in [0.717, 1.165) is 0 Å². The summed E-state index contributed by atoms with van der Waals surface area (Å²) in [7, 11) is 1.80. The lowest BCUT2D eigenvalue weighted by molar-refractivity contribution is 0.285. The molecule has 0 aromatic carbocycles. The molecule has 0 aliphatic heterocycles. The molecule has 0 aliphatic carbocycles. The molecule has 11 heavy (non-hydrogen) atoms. The van der Waals surface area contributed by atoms with E-state index >= 15 is 0 Å². The SMILES string of the molecule is CNCOc1ccc(N)cn1. The smallest absolute Gasteiger partial charge is 0.214 e. The van der Waals surface area contributed by atoms with Gasteiger partial charge in [-0.05, 0) is 13.1 Å². The topological polar surface area (TPSA) is 60.2 Å². The molecule has 60 valence electrons. The van der Waals surface area contributed by atoms with Gasteiger partial charge in [0.05, 0.1) is 11.9 Å². The average molecular weight is 153 g/mol. The summed E-state index contributed by atoms with van der Waals surface area (Å²) in [6, 6.07) is 3.48. The third kappa shape index (κ3) is 2.43. The fraction of sp³-hybridized carbons (Fsp3) is 0.286. The first kappa shape index (κ1) is 7.81. The Morgan fingerprint density at radius 2 is 2.45 bits per heavy atom. The molecule has 0 bridgehead atoms. The normalized spacial score (nSPS) is 9.55. The Balaban J connectivity index is 2.52. The fourth-order valence-corrected chi connectivity index (χ4v) is 0.623. The van der Waals surface area contributed by atoms with Crippen molar-refractivity contribution in [3.63, 3.8) is 0 Å². The van der Waals surface area contributed by atoms with Crippen molar-refractivity contribution in [3.05, 3.63) is 18.3 Å². The van der Waals surface area contributed by atoms with Crippen molar-refractivity contribution in [2.24, 2.45) is 0 Å². The van der Waals surface area contributed by atoms with Crippen LogP contribution in [0.1, 0.15) is 0 Å². The summed E-state index contributed by atoms with van der Waals surface area (Å²) in [6.07, 6.45) is 1.56. The molecule has 0 atom stereocenters. The standard InChI is InChI=1S/C7H11N3O/c1-9-5-11-7-3-2-6(8)4-10-7/h2-4,9H,5,8H2,1H3. The van der Waals surface area contributed by atoms with Gasteiger partial charge in [0, 0.05) is 6.07 Å². The Morgan fingerprint density at radius 1 is 1.64 bits per heavy atom. The molecule has 0 saturated heterocycles. The summed E-state index contributed by atoms with van der Waals surface area (Å²) >= 11 is 0. The van der Waals surface area contributed by atoms with E-state index in [2.05, 4.69) is 10.3 Å².